The third-order valence-electron chi connectivity index (χ3n) is 3.30. The van der Waals surface area contributed by atoms with Crippen molar-refractivity contribution in [3.05, 3.63) is 64.7 Å². The Morgan fingerprint density at radius 2 is 1.88 bits per heavy atom. The Bertz CT molecular complexity index is 745. The second-order valence-electron chi connectivity index (χ2n) is 5.19. The van der Waals surface area contributed by atoms with Crippen LogP contribution in [0.3, 0.4) is 0 Å². The summed E-state index contributed by atoms with van der Waals surface area (Å²) >= 11 is 5.97. The van der Waals surface area contributed by atoms with E-state index >= 15 is 0 Å². The van der Waals surface area contributed by atoms with E-state index in [-0.39, 0.29) is 0 Å². The van der Waals surface area contributed by atoms with Gasteiger partial charge in [0, 0.05) is 16.9 Å². The van der Waals surface area contributed by atoms with E-state index in [9.17, 15) is 9.59 Å². The van der Waals surface area contributed by atoms with Crippen LogP contribution in [-0.4, -0.2) is 18.0 Å². The first-order valence-electron chi connectivity index (χ1n) is 7.49. The monoisotopic (exact) mass is 343 g/mol. The number of hydrazone groups is 1. The highest BCUT2D eigenvalue weighted by Crippen LogP contribution is 2.19. The minimum Gasteiger partial charge on any atom is -0.318 e. The van der Waals surface area contributed by atoms with Gasteiger partial charge in [0.1, 0.15) is 0 Å². The van der Waals surface area contributed by atoms with Crippen molar-refractivity contribution in [3.8, 4) is 0 Å². The van der Waals surface area contributed by atoms with Crippen LogP contribution in [-0.2, 0) is 16.0 Å². The molecule has 0 aliphatic heterocycles. The first kappa shape index (κ1) is 17.7. The molecular weight excluding hydrogens is 326 g/mol. The summed E-state index contributed by atoms with van der Waals surface area (Å²) < 4.78 is 0. The molecule has 5 nitrogen and oxygen atoms in total. The number of amides is 2. The van der Waals surface area contributed by atoms with Gasteiger partial charge in [0.25, 0.3) is 0 Å². The third kappa shape index (κ3) is 5.52. The summed E-state index contributed by atoms with van der Waals surface area (Å²) in [4.78, 5) is 23.4. The fourth-order valence-corrected chi connectivity index (χ4v) is 2.13. The number of rotatable bonds is 5. The molecule has 2 amide bonds. The lowest BCUT2D eigenvalue weighted by Crippen LogP contribution is -2.32. The summed E-state index contributed by atoms with van der Waals surface area (Å²) in [6.07, 6.45) is 3.05. The van der Waals surface area contributed by atoms with Crippen molar-refractivity contribution in [1.82, 2.24) is 5.43 Å². The predicted molar refractivity (Wildman–Crippen MR) is 96.2 cm³/mol. The number of halogens is 1. The highest BCUT2D eigenvalue weighted by Gasteiger charge is 2.13. The molecule has 0 aromatic heterocycles. The Labute approximate surface area is 145 Å². The number of nitrogens with one attached hydrogen (secondary N) is 2. The Balaban J connectivity index is 1.76. The molecule has 2 aromatic carbocycles. The molecule has 124 valence electrons. The van der Waals surface area contributed by atoms with Gasteiger partial charge in [-0.3, -0.25) is 9.59 Å². The summed E-state index contributed by atoms with van der Waals surface area (Å²) in [6.45, 7) is 1.85. The van der Waals surface area contributed by atoms with Crippen LogP contribution in [0.15, 0.2) is 53.6 Å². The van der Waals surface area contributed by atoms with Crippen LogP contribution in [0.25, 0.3) is 0 Å². The summed E-state index contributed by atoms with van der Waals surface area (Å²) in [5.74, 6) is -1.63. The maximum Gasteiger partial charge on any atom is 0.329 e. The van der Waals surface area contributed by atoms with Crippen molar-refractivity contribution in [1.29, 1.82) is 0 Å². The fraction of sp³-hybridized carbons (Fsp3) is 0.167. The molecule has 2 aromatic rings. The largest absolute Gasteiger partial charge is 0.329 e. The van der Waals surface area contributed by atoms with Gasteiger partial charge in [0.15, 0.2) is 0 Å². The zero-order valence-electron chi connectivity index (χ0n) is 13.3. The van der Waals surface area contributed by atoms with Crippen LogP contribution in [0.1, 0.15) is 17.5 Å². The number of nitrogens with zero attached hydrogens (tertiary/aromatic N) is 1. The Morgan fingerprint density at radius 1 is 1.12 bits per heavy atom. The third-order valence-corrected chi connectivity index (χ3v) is 3.71. The van der Waals surface area contributed by atoms with Gasteiger partial charge in [-0.1, -0.05) is 48.0 Å². The topological polar surface area (TPSA) is 70.6 Å². The lowest BCUT2D eigenvalue weighted by Gasteiger charge is -2.05. The lowest BCUT2D eigenvalue weighted by molar-refractivity contribution is -0.136. The molecule has 0 aliphatic rings. The van der Waals surface area contributed by atoms with Crippen LogP contribution in [0.4, 0.5) is 5.69 Å². The maximum atomic E-state index is 11.8. The standard InChI is InChI=1S/C18H18ClN3O2/c1-13-9-10-15(12-16(13)19)21-17(23)18(24)22-20-11-5-8-14-6-3-2-4-7-14/h2-4,6-7,9-12H,5,8H2,1H3,(H,21,23)(H,22,24)/b20-11+. The van der Waals surface area contributed by atoms with E-state index < -0.39 is 11.8 Å². The fourth-order valence-electron chi connectivity index (χ4n) is 1.95. The van der Waals surface area contributed by atoms with Gasteiger partial charge in [-0.15, -0.1) is 0 Å². The van der Waals surface area contributed by atoms with Crippen molar-refractivity contribution >= 4 is 35.3 Å². The van der Waals surface area contributed by atoms with Crippen LogP contribution in [0.2, 0.25) is 5.02 Å². The van der Waals surface area contributed by atoms with Gasteiger partial charge in [0.05, 0.1) is 0 Å². The van der Waals surface area contributed by atoms with E-state index in [0.29, 0.717) is 17.1 Å². The van der Waals surface area contributed by atoms with Gasteiger partial charge >= 0.3 is 11.8 Å². The number of anilines is 1. The molecule has 0 heterocycles. The molecule has 0 unspecified atom stereocenters. The lowest BCUT2D eigenvalue weighted by atomic mass is 10.1. The van der Waals surface area contributed by atoms with Crippen molar-refractivity contribution in [2.24, 2.45) is 5.10 Å². The molecule has 0 saturated carbocycles. The average Bonchev–Trinajstić information content (AvgIpc) is 2.58. The molecule has 0 atom stereocenters. The molecule has 6 heteroatoms. The van der Waals surface area contributed by atoms with Crippen molar-refractivity contribution in [3.63, 3.8) is 0 Å². The minimum absolute atomic E-state index is 0.457. The number of carbonyl (C=O) groups excluding carboxylic acids is 2. The highest BCUT2D eigenvalue weighted by atomic mass is 35.5. The van der Waals surface area contributed by atoms with Crippen molar-refractivity contribution in [2.75, 3.05) is 5.32 Å². The molecular formula is C18H18ClN3O2. The number of benzene rings is 2. The number of aryl methyl sites for hydroxylation is 2. The average molecular weight is 344 g/mol. The maximum absolute atomic E-state index is 11.8. The molecule has 2 N–H and O–H groups in total. The smallest absolute Gasteiger partial charge is 0.318 e. The predicted octanol–water partition coefficient (Wildman–Crippen LogP) is 3.32. The van der Waals surface area contributed by atoms with Gasteiger partial charge in [-0.25, -0.2) is 5.43 Å². The van der Waals surface area contributed by atoms with Gasteiger partial charge in [0.2, 0.25) is 0 Å². The van der Waals surface area contributed by atoms with E-state index in [1.807, 2.05) is 37.3 Å². The molecule has 0 radical (unpaired) electrons. The van der Waals surface area contributed by atoms with E-state index in [0.717, 1.165) is 12.0 Å². The van der Waals surface area contributed by atoms with Crippen LogP contribution < -0.4 is 10.7 Å². The van der Waals surface area contributed by atoms with E-state index in [1.165, 1.54) is 5.56 Å². The highest BCUT2D eigenvalue weighted by molar-refractivity contribution is 6.39. The van der Waals surface area contributed by atoms with Crippen molar-refractivity contribution < 1.29 is 9.59 Å². The van der Waals surface area contributed by atoms with Gasteiger partial charge in [-0.2, -0.15) is 5.10 Å². The molecule has 0 aliphatic carbocycles. The summed E-state index contributed by atoms with van der Waals surface area (Å²) in [7, 11) is 0. The first-order valence-corrected chi connectivity index (χ1v) is 7.87. The Morgan fingerprint density at radius 3 is 2.58 bits per heavy atom. The number of carbonyl (C=O) groups is 2. The molecule has 0 spiro atoms. The van der Waals surface area contributed by atoms with E-state index in [4.69, 9.17) is 11.6 Å². The minimum atomic E-state index is -0.831. The Hall–Kier alpha value is -2.66. The van der Waals surface area contributed by atoms with E-state index in [2.05, 4.69) is 15.8 Å². The summed E-state index contributed by atoms with van der Waals surface area (Å²) in [5, 5.41) is 6.76. The Kier molecular flexibility index (Phi) is 6.51. The zero-order chi connectivity index (χ0) is 17.4. The number of hydrogen-bond donors (Lipinski definition) is 2. The molecule has 0 bridgehead atoms. The van der Waals surface area contributed by atoms with Crippen LogP contribution in [0, 0.1) is 6.92 Å². The second kappa shape index (κ2) is 8.84. The van der Waals surface area contributed by atoms with Gasteiger partial charge < -0.3 is 5.32 Å². The van der Waals surface area contributed by atoms with Crippen molar-refractivity contribution in [2.45, 2.75) is 19.8 Å². The molecule has 24 heavy (non-hydrogen) atoms. The van der Waals surface area contributed by atoms with E-state index in [1.54, 1.807) is 24.4 Å². The van der Waals surface area contributed by atoms with Gasteiger partial charge in [-0.05, 0) is 43.0 Å². The molecule has 2 rings (SSSR count). The molecule has 0 fully saturated rings. The van der Waals surface area contributed by atoms with Crippen LogP contribution in [0.5, 0.6) is 0 Å². The quantitative estimate of drug-likeness (QED) is 0.496. The summed E-state index contributed by atoms with van der Waals surface area (Å²) in [5.41, 5.74) is 4.73. The number of hydrogen-bond acceptors (Lipinski definition) is 3. The molecule has 0 saturated heterocycles. The second-order valence-corrected chi connectivity index (χ2v) is 5.60. The zero-order valence-corrected chi connectivity index (χ0v) is 14.0. The normalized spacial score (nSPS) is 10.6. The van der Waals surface area contributed by atoms with Crippen LogP contribution >= 0.6 is 11.6 Å². The first-order chi connectivity index (χ1) is 11.6. The SMILES string of the molecule is Cc1ccc(NC(=O)C(=O)N/N=C/CCc2ccccc2)cc1Cl. The summed E-state index contributed by atoms with van der Waals surface area (Å²) in [6, 6.07) is 15.0.